The monoisotopic (exact) mass is 274 g/mol. The van der Waals surface area contributed by atoms with E-state index in [1.807, 2.05) is 0 Å². The van der Waals surface area contributed by atoms with Gasteiger partial charge in [-0.1, -0.05) is 12.8 Å². The number of rotatable bonds is 6. The minimum Gasteiger partial charge on any atom is -0.465 e. The minimum atomic E-state index is -1.09. The zero-order valence-corrected chi connectivity index (χ0v) is 11.3. The fourth-order valence-electron chi connectivity index (χ4n) is 2.35. The smallest absolute Gasteiger partial charge is 0.404 e. The topological polar surface area (TPSA) is 96.9 Å². The average molecular weight is 274 g/mol. The maximum absolute atomic E-state index is 12.1. The van der Waals surface area contributed by atoms with Crippen molar-refractivity contribution in [1.29, 1.82) is 0 Å². The molecule has 7 nitrogen and oxygen atoms in total. The number of ether oxygens (including phenoxy) is 2. The number of nitrogens with one attached hydrogen (secondary N) is 2. The third-order valence-electron chi connectivity index (χ3n) is 3.38. The number of amides is 2. The van der Waals surface area contributed by atoms with Crippen LogP contribution < -0.4 is 10.6 Å². The van der Waals surface area contributed by atoms with Crippen LogP contribution in [0.25, 0.3) is 0 Å². The van der Waals surface area contributed by atoms with Gasteiger partial charge in [-0.15, -0.1) is 0 Å². The summed E-state index contributed by atoms with van der Waals surface area (Å²) in [5.74, 6) is -0.475. The maximum atomic E-state index is 12.1. The lowest BCUT2D eigenvalue weighted by Gasteiger charge is -2.30. The highest BCUT2D eigenvalue weighted by molar-refractivity contribution is 5.80. The van der Waals surface area contributed by atoms with Crippen LogP contribution in [0.1, 0.15) is 25.7 Å². The molecule has 0 spiro atoms. The molecule has 0 heterocycles. The molecule has 0 aromatic carbocycles. The maximum Gasteiger partial charge on any atom is 0.404 e. The first kappa shape index (κ1) is 15.7. The van der Waals surface area contributed by atoms with Crippen molar-refractivity contribution >= 4 is 12.0 Å². The third-order valence-corrected chi connectivity index (χ3v) is 3.38. The van der Waals surface area contributed by atoms with E-state index in [1.54, 1.807) is 0 Å². The average Bonchev–Trinajstić information content (AvgIpc) is 2.39. The summed E-state index contributed by atoms with van der Waals surface area (Å²) in [6, 6.07) is -0.310. The second-order valence-electron chi connectivity index (χ2n) is 4.59. The van der Waals surface area contributed by atoms with Crippen LogP contribution in [-0.4, -0.2) is 50.2 Å². The van der Waals surface area contributed by atoms with Gasteiger partial charge in [-0.3, -0.25) is 4.79 Å². The first-order valence-corrected chi connectivity index (χ1v) is 6.41. The largest absolute Gasteiger partial charge is 0.465 e. The second-order valence-corrected chi connectivity index (χ2v) is 4.59. The molecule has 1 aliphatic carbocycles. The number of carbonyl (C=O) groups is 2. The number of methoxy groups -OCH3 is 2. The van der Waals surface area contributed by atoms with E-state index >= 15 is 0 Å². The molecule has 2 amide bonds. The predicted octanol–water partition coefficient (Wildman–Crippen LogP) is 0.548. The van der Waals surface area contributed by atoms with Crippen molar-refractivity contribution in [2.75, 3.05) is 20.8 Å². The molecule has 1 rings (SSSR count). The number of carboxylic acid groups (broad SMARTS) is 1. The van der Waals surface area contributed by atoms with Crippen LogP contribution in [0.2, 0.25) is 0 Å². The summed E-state index contributed by atoms with van der Waals surface area (Å²) in [7, 11) is 2.99. The SMILES string of the molecule is COC(CNC(=O)C1CCCCC1NC(=O)O)OC. The Morgan fingerprint density at radius 1 is 1.26 bits per heavy atom. The van der Waals surface area contributed by atoms with Crippen LogP contribution in [0.5, 0.6) is 0 Å². The van der Waals surface area contributed by atoms with E-state index in [2.05, 4.69) is 10.6 Å². The van der Waals surface area contributed by atoms with Gasteiger partial charge in [0.05, 0.1) is 12.5 Å². The predicted molar refractivity (Wildman–Crippen MR) is 67.7 cm³/mol. The minimum absolute atomic E-state index is 0.155. The Kier molecular flexibility index (Phi) is 6.58. The molecule has 2 atom stereocenters. The normalized spacial score (nSPS) is 23.1. The van der Waals surface area contributed by atoms with Crippen molar-refractivity contribution in [3.05, 3.63) is 0 Å². The molecule has 110 valence electrons. The molecule has 1 aliphatic rings. The molecule has 0 aromatic rings. The molecular weight excluding hydrogens is 252 g/mol. The third kappa shape index (κ3) is 5.04. The van der Waals surface area contributed by atoms with Crippen LogP contribution in [-0.2, 0) is 14.3 Å². The van der Waals surface area contributed by atoms with Crippen LogP contribution in [0.4, 0.5) is 4.79 Å². The second kappa shape index (κ2) is 7.96. The lowest BCUT2D eigenvalue weighted by molar-refractivity contribution is -0.132. The van der Waals surface area contributed by atoms with Gasteiger partial charge in [-0.25, -0.2) is 4.79 Å². The summed E-state index contributed by atoms with van der Waals surface area (Å²) in [4.78, 5) is 22.8. The van der Waals surface area contributed by atoms with Crippen LogP contribution in [0.3, 0.4) is 0 Å². The van der Waals surface area contributed by atoms with Crippen molar-refractivity contribution in [2.45, 2.75) is 38.0 Å². The van der Waals surface area contributed by atoms with Crippen molar-refractivity contribution < 1.29 is 24.2 Å². The molecule has 0 aliphatic heterocycles. The summed E-state index contributed by atoms with van der Waals surface area (Å²) >= 11 is 0. The Labute approximate surface area is 112 Å². The Hall–Kier alpha value is -1.34. The first-order valence-electron chi connectivity index (χ1n) is 6.41. The first-order chi connectivity index (χ1) is 9.08. The molecule has 1 saturated carbocycles. The molecule has 0 bridgehead atoms. The summed E-state index contributed by atoms with van der Waals surface area (Å²) in [5.41, 5.74) is 0. The van der Waals surface area contributed by atoms with Crippen molar-refractivity contribution in [3.63, 3.8) is 0 Å². The van der Waals surface area contributed by atoms with Crippen LogP contribution >= 0.6 is 0 Å². The van der Waals surface area contributed by atoms with Gasteiger partial charge in [0, 0.05) is 20.3 Å². The van der Waals surface area contributed by atoms with Crippen molar-refractivity contribution in [3.8, 4) is 0 Å². The lowest BCUT2D eigenvalue weighted by atomic mass is 9.84. The van der Waals surface area contributed by atoms with Crippen LogP contribution in [0, 0.1) is 5.92 Å². The number of hydrogen-bond acceptors (Lipinski definition) is 4. The van der Waals surface area contributed by atoms with E-state index in [4.69, 9.17) is 14.6 Å². The zero-order valence-electron chi connectivity index (χ0n) is 11.3. The van der Waals surface area contributed by atoms with Crippen molar-refractivity contribution in [1.82, 2.24) is 10.6 Å². The van der Waals surface area contributed by atoms with E-state index in [-0.39, 0.29) is 24.4 Å². The lowest BCUT2D eigenvalue weighted by Crippen LogP contribution is -2.49. The van der Waals surface area contributed by atoms with Gasteiger partial charge in [0.2, 0.25) is 5.91 Å². The van der Waals surface area contributed by atoms with E-state index < -0.39 is 12.4 Å². The van der Waals surface area contributed by atoms with E-state index in [1.165, 1.54) is 14.2 Å². The highest BCUT2D eigenvalue weighted by Gasteiger charge is 2.32. The molecule has 0 radical (unpaired) electrons. The van der Waals surface area contributed by atoms with E-state index in [9.17, 15) is 9.59 Å². The zero-order chi connectivity index (χ0) is 14.3. The Morgan fingerprint density at radius 2 is 1.89 bits per heavy atom. The van der Waals surface area contributed by atoms with Gasteiger partial charge in [0.25, 0.3) is 0 Å². The van der Waals surface area contributed by atoms with Crippen molar-refractivity contribution in [2.24, 2.45) is 5.92 Å². The fraction of sp³-hybridized carbons (Fsp3) is 0.833. The Morgan fingerprint density at radius 3 is 2.47 bits per heavy atom. The molecule has 1 fully saturated rings. The molecule has 0 saturated heterocycles. The quantitative estimate of drug-likeness (QED) is 0.614. The summed E-state index contributed by atoms with van der Waals surface area (Å²) in [5, 5.41) is 13.9. The highest BCUT2D eigenvalue weighted by atomic mass is 16.7. The summed E-state index contributed by atoms with van der Waals surface area (Å²) in [6.07, 6.45) is 1.69. The molecule has 7 heteroatoms. The summed E-state index contributed by atoms with van der Waals surface area (Å²) < 4.78 is 9.96. The molecule has 0 aromatic heterocycles. The van der Waals surface area contributed by atoms with Gasteiger partial charge in [0.15, 0.2) is 6.29 Å². The molecule has 2 unspecified atom stereocenters. The van der Waals surface area contributed by atoms with E-state index in [0.29, 0.717) is 12.8 Å². The van der Waals surface area contributed by atoms with Crippen LogP contribution in [0.15, 0.2) is 0 Å². The van der Waals surface area contributed by atoms with Gasteiger partial charge >= 0.3 is 6.09 Å². The fourth-order valence-corrected chi connectivity index (χ4v) is 2.35. The number of carbonyl (C=O) groups excluding carboxylic acids is 1. The number of hydrogen-bond donors (Lipinski definition) is 3. The van der Waals surface area contributed by atoms with E-state index in [0.717, 1.165) is 12.8 Å². The molecular formula is C12H22N2O5. The Balaban J connectivity index is 2.49. The van der Waals surface area contributed by atoms with Gasteiger partial charge in [0.1, 0.15) is 0 Å². The standard InChI is InChI=1S/C12H22N2O5/c1-18-10(19-2)7-13-11(15)8-5-3-4-6-9(8)14-12(16)17/h8-10,14H,3-7H2,1-2H3,(H,13,15)(H,16,17). The van der Waals surface area contributed by atoms with Gasteiger partial charge in [-0.2, -0.15) is 0 Å². The summed E-state index contributed by atoms with van der Waals surface area (Å²) in [6.45, 7) is 0.252. The molecule has 19 heavy (non-hydrogen) atoms. The van der Waals surface area contributed by atoms with Gasteiger partial charge < -0.3 is 25.2 Å². The highest BCUT2D eigenvalue weighted by Crippen LogP contribution is 2.24. The Bertz CT molecular complexity index is 306. The van der Waals surface area contributed by atoms with Gasteiger partial charge in [-0.05, 0) is 12.8 Å². The molecule has 3 N–H and O–H groups in total.